The Bertz CT molecular complexity index is 760. The smallest absolute Gasteiger partial charge is 0.238 e. The molecule has 0 aliphatic rings. The van der Waals surface area contributed by atoms with Crippen LogP contribution in [0.4, 0.5) is 0 Å². The molecule has 2 aromatic rings. The van der Waals surface area contributed by atoms with Crippen LogP contribution in [-0.2, 0) is 21.2 Å². The monoisotopic (exact) mass is 337 g/mol. The maximum absolute atomic E-state index is 12.4. The molecule has 6 heteroatoms. The van der Waals surface area contributed by atoms with Crippen LogP contribution in [0.15, 0.2) is 59.5 Å². The molecular weight excluding hydrogens is 322 g/mol. The van der Waals surface area contributed by atoms with Crippen molar-refractivity contribution in [3.05, 3.63) is 65.2 Å². The minimum absolute atomic E-state index is 0.0439. The summed E-state index contributed by atoms with van der Waals surface area (Å²) in [6, 6.07) is 15.2. The Hall–Kier alpha value is -1.85. The molecular formula is C16H16ClNO3S. The molecule has 1 N–H and O–H groups in total. The van der Waals surface area contributed by atoms with Crippen LogP contribution < -0.4 is 5.32 Å². The number of halogens is 1. The quantitative estimate of drug-likeness (QED) is 0.912. The highest BCUT2D eigenvalue weighted by Crippen LogP contribution is 2.20. The molecule has 22 heavy (non-hydrogen) atoms. The number of sulfone groups is 1. The highest BCUT2D eigenvalue weighted by Gasteiger charge is 2.29. The number of hydrogen-bond acceptors (Lipinski definition) is 3. The second-order valence-electron chi connectivity index (χ2n) is 4.85. The Morgan fingerprint density at radius 1 is 1.14 bits per heavy atom. The van der Waals surface area contributed by atoms with Gasteiger partial charge in [0, 0.05) is 11.6 Å². The van der Waals surface area contributed by atoms with Gasteiger partial charge in [-0.2, -0.15) is 0 Å². The van der Waals surface area contributed by atoms with Gasteiger partial charge in [-0.05, 0) is 30.7 Å². The van der Waals surface area contributed by atoms with Gasteiger partial charge in [0.15, 0.2) is 9.84 Å². The summed E-state index contributed by atoms with van der Waals surface area (Å²) >= 11 is 5.81. The van der Waals surface area contributed by atoms with E-state index in [9.17, 15) is 13.2 Å². The zero-order valence-electron chi connectivity index (χ0n) is 12.0. The zero-order valence-corrected chi connectivity index (χ0v) is 13.6. The zero-order chi connectivity index (χ0) is 16.2. The van der Waals surface area contributed by atoms with Crippen molar-refractivity contribution in [1.82, 2.24) is 5.32 Å². The van der Waals surface area contributed by atoms with Crippen LogP contribution in [0.2, 0.25) is 5.02 Å². The van der Waals surface area contributed by atoms with Crippen LogP contribution in [0.3, 0.4) is 0 Å². The molecule has 2 rings (SSSR count). The third-order valence-corrected chi connectivity index (χ3v) is 5.56. The third kappa shape index (κ3) is 3.87. The Morgan fingerprint density at radius 2 is 1.82 bits per heavy atom. The van der Waals surface area contributed by atoms with Gasteiger partial charge in [-0.1, -0.05) is 48.0 Å². The van der Waals surface area contributed by atoms with E-state index >= 15 is 0 Å². The molecule has 0 aromatic heterocycles. The molecule has 2 aromatic carbocycles. The van der Waals surface area contributed by atoms with E-state index in [1.54, 1.807) is 12.1 Å². The van der Waals surface area contributed by atoms with Crippen LogP contribution in [0.5, 0.6) is 0 Å². The lowest BCUT2D eigenvalue weighted by atomic mass is 10.2. The molecule has 0 bridgehead atoms. The number of amides is 1. The van der Waals surface area contributed by atoms with Crippen LogP contribution in [0.1, 0.15) is 12.5 Å². The first-order valence-corrected chi connectivity index (χ1v) is 8.65. The lowest BCUT2D eigenvalue weighted by Gasteiger charge is -2.13. The van der Waals surface area contributed by atoms with E-state index in [1.807, 2.05) is 30.3 Å². The lowest BCUT2D eigenvalue weighted by molar-refractivity contribution is -0.120. The molecule has 0 fully saturated rings. The Kier molecular flexibility index (Phi) is 5.21. The molecule has 1 unspecified atom stereocenters. The summed E-state index contributed by atoms with van der Waals surface area (Å²) in [5, 5.41) is 1.77. The Labute approximate surface area is 135 Å². The minimum atomic E-state index is -3.76. The maximum Gasteiger partial charge on any atom is 0.238 e. The highest BCUT2D eigenvalue weighted by molar-refractivity contribution is 7.92. The summed E-state index contributed by atoms with van der Waals surface area (Å²) in [5.74, 6) is -0.538. The van der Waals surface area contributed by atoms with Gasteiger partial charge in [-0.25, -0.2) is 8.42 Å². The first-order chi connectivity index (χ1) is 10.4. The van der Waals surface area contributed by atoms with E-state index in [4.69, 9.17) is 11.6 Å². The largest absolute Gasteiger partial charge is 0.351 e. The average molecular weight is 338 g/mol. The van der Waals surface area contributed by atoms with Crippen molar-refractivity contribution in [2.75, 3.05) is 0 Å². The molecule has 0 spiro atoms. The van der Waals surface area contributed by atoms with E-state index in [0.717, 1.165) is 5.56 Å². The SMILES string of the molecule is CC(C(=O)NCc1ccccc1)S(=O)(=O)c1cccc(Cl)c1. The van der Waals surface area contributed by atoms with Crippen LogP contribution in [-0.4, -0.2) is 19.6 Å². The van der Waals surface area contributed by atoms with Gasteiger partial charge >= 0.3 is 0 Å². The molecule has 0 aliphatic heterocycles. The number of benzene rings is 2. The van der Waals surface area contributed by atoms with Gasteiger partial charge in [-0.3, -0.25) is 4.79 Å². The first-order valence-electron chi connectivity index (χ1n) is 6.72. The van der Waals surface area contributed by atoms with Crippen LogP contribution in [0.25, 0.3) is 0 Å². The van der Waals surface area contributed by atoms with Crippen LogP contribution >= 0.6 is 11.6 Å². The molecule has 0 aliphatic carbocycles. The van der Waals surface area contributed by atoms with Gasteiger partial charge < -0.3 is 5.32 Å². The number of carbonyl (C=O) groups is 1. The molecule has 0 saturated heterocycles. The second kappa shape index (κ2) is 6.94. The van der Waals surface area contributed by atoms with E-state index < -0.39 is 21.0 Å². The van der Waals surface area contributed by atoms with E-state index in [1.165, 1.54) is 19.1 Å². The summed E-state index contributed by atoms with van der Waals surface area (Å²) in [7, 11) is -3.76. The fourth-order valence-corrected chi connectivity index (χ4v) is 3.51. The Morgan fingerprint density at radius 3 is 2.45 bits per heavy atom. The fraction of sp³-hybridized carbons (Fsp3) is 0.188. The van der Waals surface area contributed by atoms with Gasteiger partial charge in [-0.15, -0.1) is 0 Å². The molecule has 116 valence electrons. The van der Waals surface area contributed by atoms with Crippen molar-refractivity contribution >= 4 is 27.3 Å². The van der Waals surface area contributed by atoms with Crippen LogP contribution in [0, 0.1) is 0 Å². The first kappa shape index (κ1) is 16.5. The Balaban J connectivity index is 2.09. The average Bonchev–Trinajstić information content (AvgIpc) is 2.52. The normalized spacial score (nSPS) is 12.6. The second-order valence-corrected chi connectivity index (χ2v) is 7.55. The van der Waals surface area contributed by atoms with E-state index in [2.05, 4.69) is 5.32 Å². The van der Waals surface area contributed by atoms with Crippen molar-refractivity contribution < 1.29 is 13.2 Å². The van der Waals surface area contributed by atoms with E-state index in [0.29, 0.717) is 5.02 Å². The highest BCUT2D eigenvalue weighted by atomic mass is 35.5. The summed E-state index contributed by atoms with van der Waals surface area (Å²) in [6.45, 7) is 1.66. The van der Waals surface area contributed by atoms with Crippen molar-refractivity contribution in [3.8, 4) is 0 Å². The summed E-state index contributed by atoms with van der Waals surface area (Å²) in [6.07, 6.45) is 0. The van der Waals surface area contributed by atoms with Gasteiger partial charge in [0.1, 0.15) is 5.25 Å². The van der Waals surface area contributed by atoms with Gasteiger partial charge in [0.05, 0.1) is 4.90 Å². The van der Waals surface area contributed by atoms with Crippen molar-refractivity contribution in [3.63, 3.8) is 0 Å². The molecule has 0 radical (unpaired) electrons. The van der Waals surface area contributed by atoms with Gasteiger partial charge in [0.2, 0.25) is 5.91 Å². The summed E-state index contributed by atoms with van der Waals surface area (Å²) in [4.78, 5) is 12.1. The van der Waals surface area contributed by atoms with Crippen molar-refractivity contribution in [2.24, 2.45) is 0 Å². The molecule has 0 saturated carbocycles. The predicted octanol–water partition coefficient (Wildman–Crippen LogP) is 2.82. The molecule has 1 atom stereocenters. The molecule has 4 nitrogen and oxygen atoms in total. The fourth-order valence-electron chi connectivity index (χ4n) is 1.92. The number of rotatable bonds is 5. The number of carbonyl (C=O) groups excluding carboxylic acids is 1. The van der Waals surface area contributed by atoms with Crippen molar-refractivity contribution in [1.29, 1.82) is 0 Å². The standard InChI is InChI=1S/C16H16ClNO3S/c1-12(16(19)18-11-13-6-3-2-4-7-13)22(20,21)15-9-5-8-14(17)10-15/h2-10,12H,11H2,1H3,(H,18,19). The van der Waals surface area contributed by atoms with E-state index in [-0.39, 0.29) is 11.4 Å². The number of hydrogen-bond donors (Lipinski definition) is 1. The maximum atomic E-state index is 12.4. The lowest BCUT2D eigenvalue weighted by Crippen LogP contribution is -2.37. The third-order valence-electron chi connectivity index (χ3n) is 3.27. The molecule has 1 amide bonds. The topological polar surface area (TPSA) is 63.2 Å². The number of nitrogens with one attached hydrogen (secondary N) is 1. The summed E-state index contributed by atoms with van der Waals surface area (Å²) in [5.41, 5.74) is 0.906. The van der Waals surface area contributed by atoms with Crippen molar-refractivity contribution in [2.45, 2.75) is 23.6 Å². The summed E-state index contributed by atoms with van der Waals surface area (Å²) < 4.78 is 24.8. The minimum Gasteiger partial charge on any atom is -0.351 e. The predicted molar refractivity (Wildman–Crippen MR) is 86.4 cm³/mol. The van der Waals surface area contributed by atoms with Gasteiger partial charge in [0.25, 0.3) is 0 Å². The molecule has 0 heterocycles.